The lowest BCUT2D eigenvalue weighted by Gasteiger charge is -2.08. The first-order chi connectivity index (χ1) is 15.7. The second kappa shape index (κ2) is 11.0. The molecule has 0 bridgehead atoms. The molecule has 5 nitrogen and oxygen atoms in total. The van der Waals surface area contributed by atoms with Gasteiger partial charge < -0.3 is 9.30 Å². The van der Waals surface area contributed by atoms with Gasteiger partial charge in [-0.15, -0.1) is 21.5 Å². The minimum absolute atomic E-state index is 0.721. The van der Waals surface area contributed by atoms with Gasteiger partial charge in [0.2, 0.25) is 0 Å². The topological polar surface area (TPSA) is 52.8 Å². The number of thiazole rings is 1. The Labute approximate surface area is 201 Å². The molecule has 0 spiro atoms. The van der Waals surface area contributed by atoms with E-state index >= 15 is 0 Å². The van der Waals surface area contributed by atoms with Gasteiger partial charge in [0.15, 0.2) is 11.0 Å². The molecule has 0 atom stereocenters. The molecular weight excluding hydrogens is 460 g/mol. The zero-order valence-electron chi connectivity index (χ0n) is 18.1. The SMILES string of the molecule is CCCCOc1ccc(-c2nnc(SCc3csc(-c4ccccc4Cl)n3)n2CC)cc1. The van der Waals surface area contributed by atoms with E-state index in [0.717, 1.165) is 75.3 Å². The number of rotatable bonds is 10. The molecule has 2 aromatic heterocycles. The maximum absolute atomic E-state index is 6.31. The highest BCUT2D eigenvalue weighted by Gasteiger charge is 2.15. The number of ether oxygens (including phenoxy) is 1. The molecule has 0 N–H and O–H groups in total. The fraction of sp³-hybridized carbons (Fsp3) is 0.292. The van der Waals surface area contributed by atoms with Gasteiger partial charge >= 0.3 is 0 Å². The van der Waals surface area contributed by atoms with Crippen LogP contribution in [-0.4, -0.2) is 26.4 Å². The van der Waals surface area contributed by atoms with Crippen LogP contribution in [0, 0.1) is 0 Å². The molecule has 8 heteroatoms. The molecule has 0 saturated carbocycles. The Morgan fingerprint density at radius 1 is 1.06 bits per heavy atom. The number of hydrogen-bond acceptors (Lipinski definition) is 6. The van der Waals surface area contributed by atoms with Crippen molar-refractivity contribution < 1.29 is 4.74 Å². The van der Waals surface area contributed by atoms with Gasteiger partial charge in [0, 0.05) is 28.8 Å². The molecule has 0 aliphatic rings. The third kappa shape index (κ3) is 5.34. The van der Waals surface area contributed by atoms with Crippen molar-refractivity contribution in [2.24, 2.45) is 0 Å². The Balaban J connectivity index is 1.44. The summed E-state index contributed by atoms with van der Waals surface area (Å²) in [6.07, 6.45) is 2.19. The Morgan fingerprint density at radius 2 is 1.88 bits per heavy atom. The van der Waals surface area contributed by atoms with Crippen LogP contribution in [-0.2, 0) is 12.3 Å². The van der Waals surface area contributed by atoms with Crippen LogP contribution >= 0.6 is 34.7 Å². The van der Waals surface area contributed by atoms with Gasteiger partial charge in [-0.3, -0.25) is 0 Å². The van der Waals surface area contributed by atoms with E-state index in [-0.39, 0.29) is 0 Å². The third-order valence-corrected chi connectivity index (χ3v) is 7.17. The fourth-order valence-electron chi connectivity index (χ4n) is 3.20. The zero-order chi connectivity index (χ0) is 22.3. The van der Waals surface area contributed by atoms with Gasteiger partial charge in [-0.2, -0.15) is 0 Å². The van der Waals surface area contributed by atoms with Gasteiger partial charge in [0.05, 0.1) is 17.3 Å². The number of thioether (sulfide) groups is 1. The first-order valence-electron chi connectivity index (χ1n) is 10.7. The van der Waals surface area contributed by atoms with Gasteiger partial charge in [-0.25, -0.2) is 4.98 Å². The van der Waals surface area contributed by atoms with Crippen LogP contribution in [0.25, 0.3) is 22.0 Å². The van der Waals surface area contributed by atoms with Crippen LogP contribution in [0.3, 0.4) is 0 Å². The summed E-state index contributed by atoms with van der Waals surface area (Å²) in [4.78, 5) is 4.76. The molecule has 2 heterocycles. The van der Waals surface area contributed by atoms with Crippen LogP contribution in [0.5, 0.6) is 5.75 Å². The molecule has 0 unspecified atom stereocenters. The van der Waals surface area contributed by atoms with Crippen molar-refractivity contribution in [2.75, 3.05) is 6.61 Å². The zero-order valence-corrected chi connectivity index (χ0v) is 20.5. The van der Waals surface area contributed by atoms with Crippen molar-refractivity contribution in [2.45, 2.75) is 44.1 Å². The molecule has 0 saturated heterocycles. The molecule has 32 heavy (non-hydrogen) atoms. The molecule has 0 aliphatic carbocycles. The lowest BCUT2D eigenvalue weighted by Crippen LogP contribution is -2.00. The maximum Gasteiger partial charge on any atom is 0.191 e. The Hall–Kier alpha value is -2.35. The molecule has 0 radical (unpaired) electrons. The fourth-order valence-corrected chi connectivity index (χ4v) is 5.34. The van der Waals surface area contributed by atoms with Crippen molar-refractivity contribution in [1.82, 2.24) is 19.7 Å². The molecule has 166 valence electrons. The summed E-state index contributed by atoms with van der Waals surface area (Å²) in [6, 6.07) is 15.9. The van der Waals surface area contributed by atoms with Gasteiger partial charge in [0.25, 0.3) is 0 Å². The van der Waals surface area contributed by atoms with Crippen LogP contribution in [0.2, 0.25) is 5.02 Å². The predicted octanol–water partition coefficient (Wildman–Crippen LogP) is 7.21. The van der Waals surface area contributed by atoms with Gasteiger partial charge in [-0.05, 0) is 43.7 Å². The predicted molar refractivity (Wildman–Crippen MR) is 134 cm³/mol. The van der Waals surface area contributed by atoms with Crippen molar-refractivity contribution in [1.29, 1.82) is 0 Å². The third-order valence-electron chi connectivity index (χ3n) is 4.92. The summed E-state index contributed by atoms with van der Waals surface area (Å²) in [6.45, 7) is 5.81. The number of benzene rings is 2. The molecular formula is C24H25ClN4OS2. The summed E-state index contributed by atoms with van der Waals surface area (Å²) in [7, 11) is 0. The monoisotopic (exact) mass is 484 g/mol. The lowest BCUT2D eigenvalue weighted by molar-refractivity contribution is 0.309. The summed E-state index contributed by atoms with van der Waals surface area (Å²) < 4.78 is 7.90. The van der Waals surface area contributed by atoms with E-state index in [2.05, 4.69) is 34.0 Å². The summed E-state index contributed by atoms with van der Waals surface area (Å²) >= 11 is 9.57. The van der Waals surface area contributed by atoms with E-state index in [4.69, 9.17) is 21.3 Å². The quantitative estimate of drug-likeness (QED) is 0.176. The number of aromatic nitrogens is 4. The van der Waals surface area contributed by atoms with E-state index in [0.29, 0.717) is 0 Å². The molecule has 0 amide bonds. The second-order valence-corrected chi connectivity index (χ2v) is 9.40. The standard InChI is InChI=1S/C24H25ClN4OS2/c1-3-5-14-30-19-12-10-17(11-13-19)22-27-28-24(29(22)4-2)32-16-18-15-31-23(26-18)20-8-6-7-9-21(20)25/h6-13,15H,3-5,14,16H2,1-2H3. The van der Waals surface area contributed by atoms with Gasteiger partial charge in [0.1, 0.15) is 10.8 Å². The molecule has 0 aliphatic heterocycles. The Morgan fingerprint density at radius 3 is 2.62 bits per heavy atom. The summed E-state index contributed by atoms with van der Waals surface area (Å²) in [5.74, 6) is 2.48. The maximum atomic E-state index is 6.31. The van der Waals surface area contributed by atoms with E-state index in [1.54, 1.807) is 23.1 Å². The van der Waals surface area contributed by atoms with Crippen LogP contribution in [0.1, 0.15) is 32.4 Å². The number of unbranched alkanes of at least 4 members (excludes halogenated alkanes) is 1. The van der Waals surface area contributed by atoms with Crippen molar-refractivity contribution in [3.63, 3.8) is 0 Å². The van der Waals surface area contributed by atoms with E-state index in [9.17, 15) is 0 Å². The van der Waals surface area contributed by atoms with E-state index in [1.165, 1.54) is 0 Å². The summed E-state index contributed by atoms with van der Waals surface area (Å²) in [5, 5.41) is 13.5. The van der Waals surface area contributed by atoms with Crippen molar-refractivity contribution in [3.8, 4) is 27.7 Å². The van der Waals surface area contributed by atoms with Crippen LogP contribution in [0.15, 0.2) is 59.1 Å². The first-order valence-corrected chi connectivity index (χ1v) is 12.9. The van der Waals surface area contributed by atoms with Crippen LogP contribution in [0.4, 0.5) is 0 Å². The average Bonchev–Trinajstić information content (AvgIpc) is 3.45. The highest BCUT2D eigenvalue weighted by atomic mass is 35.5. The first kappa shape index (κ1) is 22.8. The molecule has 0 fully saturated rings. The van der Waals surface area contributed by atoms with E-state index < -0.39 is 0 Å². The van der Waals surface area contributed by atoms with Gasteiger partial charge in [-0.1, -0.05) is 54.9 Å². The Bertz CT molecular complexity index is 1160. The second-order valence-electron chi connectivity index (χ2n) is 7.19. The lowest BCUT2D eigenvalue weighted by atomic mass is 10.2. The van der Waals surface area contributed by atoms with Crippen molar-refractivity contribution in [3.05, 3.63) is 64.6 Å². The largest absolute Gasteiger partial charge is 0.494 e. The normalized spacial score (nSPS) is 11.1. The highest BCUT2D eigenvalue weighted by molar-refractivity contribution is 7.98. The number of hydrogen-bond donors (Lipinski definition) is 0. The number of halogens is 1. The summed E-state index contributed by atoms with van der Waals surface area (Å²) in [5.41, 5.74) is 3.01. The number of nitrogens with zero attached hydrogens (tertiary/aromatic N) is 4. The van der Waals surface area contributed by atoms with Crippen LogP contribution < -0.4 is 4.74 Å². The molecule has 2 aromatic carbocycles. The molecule has 4 rings (SSSR count). The van der Waals surface area contributed by atoms with E-state index in [1.807, 2.05) is 48.5 Å². The minimum atomic E-state index is 0.721. The highest BCUT2D eigenvalue weighted by Crippen LogP contribution is 2.32. The van der Waals surface area contributed by atoms with Crippen molar-refractivity contribution >= 4 is 34.7 Å². The average molecular weight is 485 g/mol. The minimum Gasteiger partial charge on any atom is -0.494 e. The smallest absolute Gasteiger partial charge is 0.191 e. The molecule has 4 aromatic rings. The Kier molecular flexibility index (Phi) is 7.84.